The molecule has 3 aliphatic rings. The summed E-state index contributed by atoms with van der Waals surface area (Å²) in [4.78, 5) is 31.9. The first-order chi connectivity index (χ1) is 15.8. The zero-order chi connectivity index (χ0) is 22.9. The van der Waals surface area contributed by atoms with E-state index in [1.165, 1.54) is 6.20 Å². The number of ether oxygens (including phenoxy) is 1. The smallest absolute Gasteiger partial charge is 0.261 e. The van der Waals surface area contributed by atoms with Gasteiger partial charge in [0.1, 0.15) is 16.9 Å². The average molecular weight is 447 g/mol. The van der Waals surface area contributed by atoms with Gasteiger partial charge in [-0.05, 0) is 37.8 Å². The largest absolute Gasteiger partial charge is 0.487 e. The van der Waals surface area contributed by atoms with Gasteiger partial charge in [-0.25, -0.2) is 9.50 Å². The number of rotatable bonds is 4. The van der Waals surface area contributed by atoms with Crippen molar-refractivity contribution in [2.45, 2.75) is 25.9 Å². The summed E-state index contributed by atoms with van der Waals surface area (Å²) in [6.45, 7) is 5.70. The van der Waals surface area contributed by atoms with Crippen LogP contribution in [0.5, 0.6) is 5.75 Å². The second-order valence-electron chi connectivity index (χ2n) is 9.79. The fourth-order valence-electron chi connectivity index (χ4n) is 5.46. The Balaban J connectivity index is 1.32. The molecule has 170 valence electrons. The van der Waals surface area contributed by atoms with Crippen LogP contribution in [0.4, 0.5) is 11.4 Å². The molecule has 4 heterocycles. The topological polar surface area (TPSA) is 101 Å². The molecule has 9 nitrogen and oxygen atoms in total. The number of carbonyl (C=O) groups excluding carboxylic acids is 2. The quantitative estimate of drug-likeness (QED) is 0.637. The number of aromatic nitrogens is 3. The van der Waals surface area contributed by atoms with Crippen LogP contribution in [-0.4, -0.2) is 52.2 Å². The van der Waals surface area contributed by atoms with Crippen LogP contribution in [0, 0.1) is 17.8 Å². The molecule has 3 aromatic rings. The number of hydrogen-bond donors (Lipinski definition) is 2. The SMILES string of the molecule is CNC(=O)[C@@H]1C2CN(c3cc4c(cc3NC(=O)c3cnn5cccnc35)CC(C)(C)O4)C[C@H]21. The van der Waals surface area contributed by atoms with E-state index in [4.69, 9.17) is 4.74 Å². The minimum atomic E-state index is -0.286. The number of fused-ring (bicyclic) bond motifs is 3. The maximum absolute atomic E-state index is 13.2. The van der Waals surface area contributed by atoms with Gasteiger partial charge in [0.05, 0.1) is 17.6 Å². The van der Waals surface area contributed by atoms with Crippen LogP contribution >= 0.6 is 0 Å². The number of anilines is 2. The summed E-state index contributed by atoms with van der Waals surface area (Å²) in [6, 6.07) is 5.83. The van der Waals surface area contributed by atoms with Crippen molar-refractivity contribution in [3.05, 3.63) is 47.9 Å². The molecule has 0 bridgehead atoms. The van der Waals surface area contributed by atoms with Gasteiger partial charge < -0.3 is 20.3 Å². The van der Waals surface area contributed by atoms with Crippen LogP contribution < -0.4 is 20.3 Å². The zero-order valence-electron chi connectivity index (χ0n) is 18.8. The Morgan fingerprint density at radius 2 is 2.00 bits per heavy atom. The highest BCUT2D eigenvalue weighted by Gasteiger charge is 2.59. The first-order valence-electron chi connectivity index (χ1n) is 11.3. The van der Waals surface area contributed by atoms with Crippen molar-refractivity contribution in [1.29, 1.82) is 0 Å². The van der Waals surface area contributed by atoms with Crippen LogP contribution in [-0.2, 0) is 11.2 Å². The molecule has 2 fully saturated rings. The Kier molecular flexibility index (Phi) is 4.21. The number of benzene rings is 1. The summed E-state index contributed by atoms with van der Waals surface area (Å²) in [7, 11) is 1.69. The summed E-state index contributed by atoms with van der Waals surface area (Å²) < 4.78 is 7.76. The standard InChI is InChI=1S/C24H26N6O3/c1-24(2)9-13-7-17(28-22(31)14-10-27-30-6-4-5-26-21(14)30)18(8-19(13)33-24)29-11-15-16(12-29)20(15)23(32)25-3/h4-8,10,15-16,20H,9,11-12H2,1-3H3,(H,25,32)(H,28,31)/t15-,16?,20+/m1/s1. The average Bonchev–Trinajstić information content (AvgIpc) is 3.14. The van der Waals surface area contributed by atoms with Crippen molar-refractivity contribution in [1.82, 2.24) is 19.9 Å². The first-order valence-corrected chi connectivity index (χ1v) is 11.3. The molecule has 2 N–H and O–H groups in total. The predicted molar refractivity (Wildman–Crippen MR) is 123 cm³/mol. The fraction of sp³-hybridized carbons (Fsp3) is 0.417. The van der Waals surface area contributed by atoms with E-state index in [0.29, 0.717) is 23.0 Å². The van der Waals surface area contributed by atoms with Crippen molar-refractivity contribution in [2.24, 2.45) is 17.8 Å². The second-order valence-corrected chi connectivity index (χ2v) is 9.79. The highest BCUT2D eigenvalue weighted by Crippen LogP contribution is 2.54. The maximum atomic E-state index is 13.2. The third-order valence-electron chi connectivity index (χ3n) is 7.04. The summed E-state index contributed by atoms with van der Waals surface area (Å²) >= 11 is 0. The van der Waals surface area contributed by atoms with Gasteiger partial charge in [0, 0.05) is 56.5 Å². The van der Waals surface area contributed by atoms with E-state index in [-0.39, 0.29) is 23.3 Å². The molecule has 1 unspecified atom stereocenters. The molecular weight excluding hydrogens is 420 g/mol. The molecule has 33 heavy (non-hydrogen) atoms. The molecule has 0 radical (unpaired) electrons. The lowest BCUT2D eigenvalue weighted by Crippen LogP contribution is -2.30. The van der Waals surface area contributed by atoms with Crippen LogP contribution in [0.25, 0.3) is 5.65 Å². The highest BCUT2D eigenvalue weighted by atomic mass is 16.5. The van der Waals surface area contributed by atoms with E-state index in [9.17, 15) is 9.59 Å². The first kappa shape index (κ1) is 20.0. The number of amides is 2. The number of carbonyl (C=O) groups is 2. The predicted octanol–water partition coefficient (Wildman–Crippen LogP) is 2.12. The van der Waals surface area contributed by atoms with Gasteiger partial charge >= 0.3 is 0 Å². The molecule has 3 atom stereocenters. The Labute approximate surface area is 191 Å². The Morgan fingerprint density at radius 1 is 1.21 bits per heavy atom. The van der Waals surface area contributed by atoms with E-state index in [1.807, 2.05) is 12.1 Å². The molecule has 1 saturated heterocycles. The Bertz CT molecular complexity index is 1290. The van der Waals surface area contributed by atoms with Crippen LogP contribution in [0.2, 0.25) is 0 Å². The van der Waals surface area contributed by atoms with E-state index < -0.39 is 0 Å². The van der Waals surface area contributed by atoms with Crippen molar-refractivity contribution in [3.8, 4) is 5.75 Å². The lowest BCUT2D eigenvalue weighted by Gasteiger charge is -2.25. The summed E-state index contributed by atoms with van der Waals surface area (Å²) in [6.07, 6.45) is 5.72. The number of piperidine rings is 1. The van der Waals surface area contributed by atoms with Crippen molar-refractivity contribution >= 4 is 28.8 Å². The van der Waals surface area contributed by atoms with Crippen LogP contribution in [0.15, 0.2) is 36.8 Å². The molecule has 9 heteroatoms. The van der Waals surface area contributed by atoms with E-state index in [2.05, 4.69) is 39.5 Å². The molecule has 2 aromatic heterocycles. The van der Waals surface area contributed by atoms with Gasteiger partial charge in [0.2, 0.25) is 5.91 Å². The van der Waals surface area contributed by atoms with Gasteiger partial charge in [-0.3, -0.25) is 9.59 Å². The van der Waals surface area contributed by atoms with Crippen LogP contribution in [0.3, 0.4) is 0 Å². The zero-order valence-corrected chi connectivity index (χ0v) is 18.8. The fourth-order valence-corrected chi connectivity index (χ4v) is 5.46. The van der Waals surface area contributed by atoms with Gasteiger partial charge in [-0.1, -0.05) is 0 Å². The molecular formula is C24H26N6O3. The molecule has 6 rings (SSSR count). The van der Waals surface area contributed by atoms with Crippen LogP contribution in [0.1, 0.15) is 29.8 Å². The summed E-state index contributed by atoms with van der Waals surface area (Å²) in [5, 5.41) is 10.1. The van der Waals surface area contributed by atoms with E-state index >= 15 is 0 Å². The third-order valence-corrected chi connectivity index (χ3v) is 7.04. The number of nitrogens with zero attached hydrogens (tertiary/aromatic N) is 4. The molecule has 2 amide bonds. The van der Waals surface area contributed by atoms with Gasteiger partial charge in [-0.2, -0.15) is 5.10 Å². The van der Waals surface area contributed by atoms with Crippen molar-refractivity contribution in [2.75, 3.05) is 30.4 Å². The van der Waals surface area contributed by atoms with Gasteiger partial charge in [-0.15, -0.1) is 0 Å². The van der Waals surface area contributed by atoms with Crippen molar-refractivity contribution in [3.63, 3.8) is 0 Å². The molecule has 1 aliphatic carbocycles. The minimum absolute atomic E-state index is 0.0961. The second kappa shape index (κ2) is 6.94. The normalized spacial score (nSPS) is 24.2. The lowest BCUT2D eigenvalue weighted by atomic mass is 10.0. The maximum Gasteiger partial charge on any atom is 0.261 e. The Morgan fingerprint density at radius 3 is 2.76 bits per heavy atom. The lowest BCUT2D eigenvalue weighted by molar-refractivity contribution is -0.122. The third kappa shape index (κ3) is 3.21. The molecule has 1 saturated carbocycles. The number of nitrogens with one attached hydrogen (secondary N) is 2. The molecule has 2 aliphatic heterocycles. The highest BCUT2D eigenvalue weighted by molar-refractivity contribution is 6.09. The molecule has 0 spiro atoms. The Hall–Kier alpha value is -3.62. The van der Waals surface area contributed by atoms with Crippen molar-refractivity contribution < 1.29 is 14.3 Å². The molecule has 1 aromatic carbocycles. The summed E-state index contributed by atoms with van der Waals surface area (Å²) in [5.74, 6) is 1.52. The number of hydrogen-bond acceptors (Lipinski definition) is 6. The monoisotopic (exact) mass is 446 g/mol. The van der Waals surface area contributed by atoms with Gasteiger partial charge in [0.25, 0.3) is 5.91 Å². The van der Waals surface area contributed by atoms with E-state index in [1.54, 1.807) is 30.0 Å². The summed E-state index contributed by atoms with van der Waals surface area (Å²) in [5.41, 5.74) is 3.39. The minimum Gasteiger partial charge on any atom is -0.487 e. The van der Waals surface area contributed by atoms with Gasteiger partial charge in [0.15, 0.2) is 5.65 Å². The van der Waals surface area contributed by atoms with E-state index in [0.717, 1.165) is 42.2 Å².